The first-order valence-electron chi connectivity index (χ1n) is 11.8. The molecule has 0 fully saturated rings. The van der Waals surface area contributed by atoms with Gasteiger partial charge in [-0.3, -0.25) is 14.4 Å². The smallest absolute Gasteiger partial charge is 0.274 e. The number of carbonyl (C=O) groups excluding carboxylic acids is 2. The van der Waals surface area contributed by atoms with Crippen LogP contribution in [-0.4, -0.2) is 28.5 Å². The molecule has 2 amide bonds. The Morgan fingerprint density at radius 3 is 2.34 bits per heavy atom. The average Bonchev–Trinajstić information content (AvgIpc) is 3.38. The van der Waals surface area contributed by atoms with Crippen molar-refractivity contribution < 1.29 is 14.3 Å². The first-order valence-corrected chi connectivity index (χ1v) is 11.8. The zero-order chi connectivity index (χ0) is 26.8. The van der Waals surface area contributed by atoms with Crippen LogP contribution in [0.25, 0.3) is 22.0 Å². The molecular formula is C29H25N5O4. The van der Waals surface area contributed by atoms with Crippen LogP contribution in [0.2, 0.25) is 0 Å². The third kappa shape index (κ3) is 4.60. The molecule has 5 N–H and O–H groups in total. The number of hydrogen-bond acceptors (Lipinski definition) is 5. The Kier molecular flexibility index (Phi) is 6.40. The molecule has 0 saturated carbocycles. The van der Waals surface area contributed by atoms with E-state index < -0.39 is 5.91 Å². The molecule has 9 heteroatoms. The number of amides is 2. The summed E-state index contributed by atoms with van der Waals surface area (Å²) in [6.07, 6.45) is 1.73. The number of aromatic amines is 1. The lowest BCUT2D eigenvalue weighted by atomic mass is 10.0. The molecular weight excluding hydrogens is 482 g/mol. The molecule has 0 aliphatic heterocycles. The highest BCUT2D eigenvalue weighted by atomic mass is 16.5. The minimum absolute atomic E-state index is 0.223. The van der Waals surface area contributed by atoms with Crippen LogP contribution in [0.1, 0.15) is 20.8 Å². The van der Waals surface area contributed by atoms with Crippen molar-refractivity contribution in [1.29, 1.82) is 0 Å². The molecule has 0 atom stereocenters. The normalized spacial score (nSPS) is 10.8. The number of nitrogens with zero attached hydrogens (tertiary/aromatic N) is 1. The number of aryl methyl sites for hydroxylation is 1. The number of H-pyrrole nitrogens is 1. The summed E-state index contributed by atoms with van der Waals surface area (Å²) in [5.74, 6) is -0.0988. The van der Waals surface area contributed by atoms with Crippen LogP contribution in [0.15, 0.2) is 89.9 Å². The Hall–Kier alpha value is -5.31. The number of pyridine rings is 1. The number of carbonyl (C=O) groups is 2. The summed E-state index contributed by atoms with van der Waals surface area (Å²) in [7, 11) is 3.24. The molecule has 0 spiro atoms. The third-order valence-corrected chi connectivity index (χ3v) is 6.22. The van der Waals surface area contributed by atoms with E-state index in [0.717, 1.165) is 11.1 Å². The largest absolute Gasteiger partial charge is 0.496 e. The number of hydrogen-bond donors (Lipinski definition) is 4. The Balaban J connectivity index is 1.40. The maximum absolute atomic E-state index is 13.1. The van der Waals surface area contributed by atoms with Crippen LogP contribution >= 0.6 is 0 Å². The van der Waals surface area contributed by atoms with Gasteiger partial charge in [0.05, 0.1) is 18.5 Å². The van der Waals surface area contributed by atoms with Crippen molar-refractivity contribution in [2.24, 2.45) is 7.05 Å². The number of aromatic nitrogens is 2. The molecule has 0 aliphatic rings. The van der Waals surface area contributed by atoms with Gasteiger partial charge in [-0.25, -0.2) is 0 Å². The molecule has 2 aromatic heterocycles. The van der Waals surface area contributed by atoms with Crippen molar-refractivity contribution in [3.63, 3.8) is 0 Å². The highest BCUT2D eigenvalue weighted by Crippen LogP contribution is 2.34. The van der Waals surface area contributed by atoms with Gasteiger partial charge >= 0.3 is 0 Å². The fraction of sp³-hybridized carbons (Fsp3) is 0.0690. The van der Waals surface area contributed by atoms with Crippen LogP contribution in [0.3, 0.4) is 0 Å². The quantitative estimate of drug-likeness (QED) is 0.249. The summed E-state index contributed by atoms with van der Waals surface area (Å²) < 4.78 is 6.97. The van der Waals surface area contributed by atoms with E-state index in [1.165, 1.54) is 4.57 Å². The number of methoxy groups -OCH3 is 1. The topological polar surface area (TPSA) is 131 Å². The van der Waals surface area contributed by atoms with E-state index in [-0.39, 0.29) is 17.2 Å². The molecule has 38 heavy (non-hydrogen) atoms. The number of nitrogens with two attached hydrogens (primary N) is 1. The van der Waals surface area contributed by atoms with Gasteiger partial charge in [0.1, 0.15) is 17.0 Å². The van der Waals surface area contributed by atoms with Gasteiger partial charge in [-0.15, -0.1) is 0 Å². The van der Waals surface area contributed by atoms with Crippen LogP contribution in [0, 0.1) is 0 Å². The minimum Gasteiger partial charge on any atom is -0.496 e. The number of para-hydroxylation sites is 3. The van der Waals surface area contributed by atoms with Crippen molar-refractivity contribution in [1.82, 2.24) is 9.55 Å². The summed E-state index contributed by atoms with van der Waals surface area (Å²) in [6.45, 7) is 0. The number of benzene rings is 3. The molecule has 3 aromatic carbocycles. The summed E-state index contributed by atoms with van der Waals surface area (Å²) in [5.41, 5.74) is 9.60. The predicted molar refractivity (Wildman–Crippen MR) is 149 cm³/mol. The maximum Gasteiger partial charge on any atom is 0.274 e. The Labute approximate surface area is 217 Å². The second kappa shape index (κ2) is 9.98. The Bertz CT molecular complexity index is 1730. The zero-order valence-corrected chi connectivity index (χ0v) is 20.7. The van der Waals surface area contributed by atoms with E-state index in [0.29, 0.717) is 39.3 Å². The number of rotatable bonds is 6. The number of anilines is 3. The van der Waals surface area contributed by atoms with Gasteiger partial charge < -0.3 is 30.7 Å². The van der Waals surface area contributed by atoms with Gasteiger partial charge in [0.15, 0.2) is 0 Å². The number of nitrogens with one attached hydrogen (secondary N) is 3. The SMILES string of the molecule is COc1ccccc1-c1cn(C)c(=O)c2[nH]c(C(=O)Nc3ccc(C(=O)Nc4ccccc4N)cc3)cc12. The summed E-state index contributed by atoms with van der Waals surface area (Å²) in [4.78, 5) is 41.5. The van der Waals surface area contributed by atoms with E-state index >= 15 is 0 Å². The molecule has 2 heterocycles. The summed E-state index contributed by atoms with van der Waals surface area (Å²) >= 11 is 0. The fourth-order valence-electron chi connectivity index (χ4n) is 4.25. The molecule has 5 rings (SSSR count). The van der Waals surface area contributed by atoms with Crippen LogP contribution in [-0.2, 0) is 7.05 Å². The first kappa shape index (κ1) is 24.4. The lowest BCUT2D eigenvalue weighted by Crippen LogP contribution is -2.17. The van der Waals surface area contributed by atoms with Gasteiger partial charge in [-0.05, 0) is 48.5 Å². The van der Waals surface area contributed by atoms with Gasteiger partial charge in [-0.2, -0.15) is 0 Å². The van der Waals surface area contributed by atoms with Crippen molar-refractivity contribution in [2.45, 2.75) is 0 Å². The lowest BCUT2D eigenvalue weighted by Gasteiger charge is -2.10. The number of fused-ring (bicyclic) bond motifs is 1. The average molecular weight is 508 g/mol. The zero-order valence-electron chi connectivity index (χ0n) is 20.7. The molecule has 0 bridgehead atoms. The van der Waals surface area contributed by atoms with Gasteiger partial charge in [0.2, 0.25) is 0 Å². The van der Waals surface area contributed by atoms with Crippen LogP contribution in [0.4, 0.5) is 17.1 Å². The lowest BCUT2D eigenvalue weighted by molar-refractivity contribution is 0.101. The Morgan fingerprint density at radius 1 is 0.895 bits per heavy atom. The summed E-state index contributed by atoms with van der Waals surface area (Å²) in [6, 6.07) is 22.6. The first-order chi connectivity index (χ1) is 18.4. The molecule has 5 aromatic rings. The number of ether oxygens (including phenoxy) is 1. The van der Waals surface area contributed by atoms with E-state index in [4.69, 9.17) is 10.5 Å². The monoisotopic (exact) mass is 507 g/mol. The third-order valence-electron chi connectivity index (χ3n) is 6.22. The van der Waals surface area contributed by atoms with Gasteiger partial charge in [0, 0.05) is 41.0 Å². The molecule has 0 unspecified atom stereocenters. The van der Waals surface area contributed by atoms with Crippen molar-refractivity contribution in [3.05, 3.63) is 107 Å². The highest BCUT2D eigenvalue weighted by Gasteiger charge is 2.18. The van der Waals surface area contributed by atoms with Crippen LogP contribution < -0.4 is 26.7 Å². The van der Waals surface area contributed by atoms with Crippen molar-refractivity contribution in [3.8, 4) is 16.9 Å². The Morgan fingerprint density at radius 2 is 1.61 bits per heavy atom. The predicted octanol–water partition coefficient (Wildman–Crippen LogP) is 4.63. The minimum atomic E-state index is -0.427. The molecule has 0 radical (unpaired) electrons. The maximum atomic E-state index is 13.1. The van der Waals surface area contributed by atoms with E-state index in [9.17, 15) is 14.4 Å². The van der Waals surface area contributed by atoms with E-state index in [2.05, 4.69) is 15.6 Å². The molecule has 190 valence electrons. The van der Waals surface area contributed by atoms with E-state index in [1.807, 2.05) is 24.3 Å². The molecule has 0 aliphatic carbocycles. The summed E-state index contributed by atoms with van der Waals surface area (Å²) in [5, 5.41) is 6.18. The highest BCUT2D eigenvalue weighted by molar-refractivity contribution is 6.09. The standard InChI is InChI=1S/C29H25N5O4/c1-34-16-21(19-7-3-6-10-25(19)38-2)20-15-24(32-26(20)29(34)37)28(36)31-18-13-11-17(12-14-18)27(35)33-23-9-5-4-8-22(23)30/h3-16,32H,30H2,1-2H3,(H,31,36)(H,33,35). The molecule has 0 saturated heterocycles. The number of nitrogen functional groups attached to an aromatic ring is 1. The fourth-order valence-corrected chi connectivity index (χ4v) is 4.25. The van der Waals surface area contributed by atoms with Gasteiger partial charge in [-0.1, -0.05) is 30.3 Å². The van der Waals surface area contributed by atoms with Crippen molar-refractivity contribution in [2.75, 3.05) is 23.5 Å². The molecule has 9 nitrogen and oxygen atoms in total. The van der Waals surface area contributed by atoms with Crippen molar-refractivity contribution >= 4 is 39.8 Å². The van der Waals surface area contributed by atoms with E-state index in [1.54, 1.807) is 75.0 Å². The van der Waals surface area contributed by atoms with Gasteiger partial charge in [0.25, 0.3) is 17.4 Å². The second-order valence-corrected chi connectivity index (χ2v) is 8.70. The second-order valence-electron chi connectivity index (χ2n) is 8.70. The van der Waals surface area contributed by atoms with Crippen LogP contribution in [0.5, 0.6) is 5.75 Å².